The van der Waals surface area contributed by atoms with E-state index in [9.17, 15) is 33.6 Å². The lowest BCUT2D eigenvalue weighted by molar-refractivity contribution is -0.121. The second kappa shape index (κ2) is 22.3. The Morgan fingerprint density at radius 3 is 1.80 bits per heavy atom. The molecule has 20 nitrogen and oxygen atoms in total. The summed E-state index contributed by atoms with van der Waals surface area (Å²) in [7, 11) is 0. The predicted octanol–water partition coefficient (Wildman–Crippen LogP) is 6.77. The van der Waals surface area contributed by atoms with E-state index >= 15 is 0 Å². The van der Waals surface area contributed by atoms with E-state index in [4.69, 9.17) is 9.84 Å². The van der Waals surface area contributed by atoms with Crippen molar-refractivity contribution in [1.82, 2.24) is 36.4 Å². The Balaban J connectivity index is 0.000000165. The summed E-state index contributed by atoms with van der Waals surface area (Å²) in [6.07, 6.45) is 7.06. The number of nitrogens with one attached hydrogen (secondary N) is 5. The fourth-order valence-electron chi connectivity index (χ4n) is 6.48. The van der Waals surface area contributed by atoms with Crippen LogP contribution in [0, 0.1) is 13.8 Å². The molecule has 0 saturated carbocycles. The Labute approximate surface area is 386 Å². The van der Waals surface area contributed by atoms with Gasteiger partial charge >= 0.3 is 30.1 Å². The third kappa shape index (κ3) is 12.9. The van der Waals surface area contributed by atoms with E-state index in [0.717, 1.165) is 45.6 Å². The number of ether oxygens (including phenoxy) is 1. The standard InChI is InChI=1S/C14H17N3O3.C12H12N2O4.C9H9BrN2OS.C8H10N4O/c1-4-20-10(3)11-7-12(9(2)15-8-11)17-6-5-13(18)16-14(17)19;1-7-6-8(11(16)17)2-3-9(7)14-5-4-10(15)13-12(14)18;1-6-2-3-12(9(13)11-6)8-5-14-4-7(8)10;1-6-2-3-12(8(13)11-6)7-4-9-10-5-7/h7-8H,3-6H2,1-2H3,(H,16,18,19);2-3,6H,4-5H2,1H3,(H,16,17)(H,13,15,18);4-5H,1-3H2,(H,11,13);4-5H,1-3H2,(H,9,10)(H,11,13). The molecular weight excluding hydrogens is 927 g/mol. The van der Waals surface area contributed by atoms with Gasteiger partial charge in [0.1, 0.15) is 5.76 Å². The number of anilines is 4. The molecule has 4 aliphatic rings. The van der Waals surface area contributed by atoms with E-state index in [-0.39, 0.29) is 42.3 Å². The highest BCUT2D eigenvalue weighted by atomic mass is 79.9. The smallest absolute Gasteiger partial charge is 0.335 e. The number of pyridine rings is 1. The van der Waals surface area contributed by atoms with E-state index in [0.29, 0.717) is 61.2 Å². The summed E-state index contributed by atoms with van der Waals surface area (Å²) in [4.78, 5) is 90.1. The quantitative estimate of drug-likeness (QED) is 0.101. The summed E-state index contributed by atoms with van der Waals surface area (Å²) in [5, 5.41) is 29.1. The van der Waals surface area contributed by atoms with Crippen molar-refractivity contribution in [2.24, 2.45) is 0 Å². The normalized spacial score (nSPS) is 16.1. The number of rotatable bonds is 8. The Morgan fingerprint density at radius 1 is 0.754 bits per heavy atom. The van der Waals surface area contributed by atoms with Gasteiger partial charge in [-0.1, -0.05) is 19.7 Å². The van der Waals surface area contributed by atoms with Crippen LogP contribution in [0.4, 0.5) is 41.9 Å². The van der Waals surface area contributed by atoms with E-state index < -0.39 is 18.0 Å². The van der Waals surface area contributed by atoms with Crippen molar-refractivity contribution in [2.75, 3.05) is 52.4 Å². The van der Waals surface area contributed by atoms with Crippen LogP contribution in [0.2, 0.25) is 0 Å². The van der Waals surface area contributed by atoms with Crippen LogP contribution in [0.3, 0.4) is 0 Å². The van der Waals surface area contributed by atoms with Gasteiger partial charge in [-0.15, -0.1) is 11.3 Å². The van der Waals surface area contributed by atoms with Crippen LogP contribution < -0.4 is 40.9 Å². The van der Waals surface area contributed by atoms with Gasteiger partial charge in [0, 0.05) is 97.7 Å². The molecular formula is C43H48BrN11O9S. The van der Waals surface area contributed by atoms with Gasteiger partial charge in [-0.3, -0.25) is 49.9 Å². The Bertz CT molecular complexity index is 2510. The molecule has 4 saturated heterocycles. The minimum atomic E-state index is -1.01. The summed E-state index contributed by atoms with van der Waals surface area (Å²) in [6, 6.07) is 5.18. The summed E-state index contributed by atoms with van der Waals surface area (Å²) in [5.74, 6) is -1.06. The molecule has 3 aromatic heterocycles. The minimum absolute atomic E-state index is 0.0969. The number of aromatic nitrogens is 3. The van der Waals surface area contributed by atoms with Crippen molar-refractivity contribution >= 4 is 97.7 Å². The third-order valence-electron chi connectivity index (χ3n) is 9.85. The highest BCUT2D eigenvalue weighted by molar-refractivity contribution is 9.10. The van der Waals surface area contributed by atoms with E-state index in [1.54, 1.807) is 58.8 Å². The van der Waals surface area contributed by atoms with Gasteiger partial charge in [-0.2, -0.15) is 5.10 Å². The molecule has 8 rings (SSSR count). The first-order chi connectivity index (χ1) is 31.0. The number of carbonyl (C=O) groups excluding carboxylic acids is 6. The maximum Gasteiger partial charge on any atom is 0.335 e. The third-order valence-corrected chi connectivity index (χ3v) is 11.5. The van der Waals surface area contributed by atoms with Crippen molar-refractivity contribution < 1.29 is 43.4 Å². The zero-order valence-electron chi connectivity index (χ0n) is 35.9. The number of hydrogen-bond donors (Lipinski definition) is 6. The molecule has 0 bridgehead atoms. The van der Waals surface area contributed by atoms with Gasteiger partial charge in [0.25, 0.3) is 0 Å². The number of aromatic amines is 1. The molecule has 0 radical (unpaired) electrons. The molecule has 0 atom stereocenters. The first-order valence-electron chi connectivity index (χ1n) is 20.1. The number of H-pyrrole nitrogens is 1. The summed E-state index contributed by atoms with van der Waals surface area (Å²) >= 11 is 4.98. The fourth-order valence-corrected chi connectivity index (χ4v) is 7.97. The van der Waals surface area contributed by atoms with Gasteiger partial charge in [-0.25, -0.2) is 24.0 Å². The second-order valence-corrected chi connectivity index (χ2v) is 16.0. The molecule has 4 aliphatic heterocycles. The number of hydrogen-bond acceptors (Lipinski definition) is 11. The average molecular weight is 975 g/mol. The zero-order chi connectivity index (χ0) is 47.4. The number of nitrogens with zero attached hydrogens (tertiary/aromatic N) is 6. The maximum absolute atomic E-state index is 11.9. The highest BCUT2D eigenvalue weighted by Crippen LogP contribution is 2.32. The predicted molar refractivity (Wildman–Crippen MR) is 249 cm³/mol. The number of aromatic carboxylic acids is 1. The van der Waals surface area contributed by atoms with Crippen molar-refractivity contribution in [3.63, 3.8) is 0 Å². The van der Waals surface area contributed by atoms with Crippen LogP contribution in [-0.4, -0.2) is 95.0 Å². The molecule has 4 aromatic rings. The first kappa shape index (κ1) is 48.7. The van der Waals surface area contributed by atoms with Gasteiger partial charge in [0.2, 0.25) is 11.8 Å². The lowest BCUT2D eigenvalue weighted by Gasteiger charge is -2.28. The van der Waals surface area contributed by atoms with Gasteiger partial charge in [0.15, 0.2) is 0 Å². The number of amides is 10. The minimum Gasteiger partial charge on any atom is -0.494 e. The molecule has 6 N–H and O–H groups in total. The van der Waals surface area contributed by atoms with Crippen molar-refractivity contribution in [3.8, 4) is 0 Å². The number of halogens is 1. The van der Waals surface area contributed by atoms with Crippen molar-refractivity contribution in [3.05, 3.63) is 112 Å². The number of aryl methyl sites for hydroxylation is 2. The first-order valence-corrected chi connectivity index (χ1v) is 21.8. The van der Waals surface area contributed by atoms with Crippen LogP contribution in [0.5, 0.6) is 0 Å². The number of benzene rings is 1. The molecule has 4 fully saturated rings. The number of carboxylic acids is 1. The topological polar surface area (TPSA) is 252 Å². The largest absolute Gasteiger partial charge is 0.494 e. The molecule has 0 unspecified atom stereocenters. The average Bonchev–Trinajstić information content (AvgIpc) is 3.95. The molecule has 1 aromatic carbocycles. The molecule has 0 spiro atoms. The molecule has 10 amide bonds. The van der Waals surface area contributed by atoms with Crippen LogP contribution in [0.25, 0.3) is 5.76 Å². The lowest BCUT2D eigenvalue weighted by Crippen LogP contribution is -2.49. The Kier molecular flexibility index (Phi) is 16.7. The van der Waals surface area contributed by atoms with E-state index in [1.807, 2.05) is 24.6 Å². The lowest BCUT2D eigenvalue weighted by atomic mass is 10.1. The molecule has 7 heterocycles. The number of thiophene rings is 1. The van der Waals surface area contributed by atoms with Crippen molar-refractivity contribution in [1.29, 1.82) is 0 Å². The summed E-state index contributed by atoms with van der Waals surface area (Å²) < 4.78 is 6.31. The van der Waals surface area contributed by atoms with Gasteiger partial charge in [-0.05, 0) is 66.5 Å². The van der Waals surface area contributed by atoms with Crippen molar-refractivity contribution in [2.45, 2.75) is 46.5 Å². The van der Waals surface area contributed by atoms with Crippen LogP contribution in [0.1, 0.15) is 59.8 Å². The monoisotopic (exact) mass is 973 g/mol. The number of carboxylic acid groups (broad SMARTS) is 1. The number of imide groups is 2. The Morgan fingerprint density at radius 2 is 1.31 bits per heavy atom. The van der Waals surface area contributed by atoms with Gasteiger partial charge in [0.05, 0.1) is 45.6 Å². The van der Waals surface area contributed by atoms with Crippen LogP contribution in [-0.2, 0) is 14.3 Å². The highest BCUT2D eigenvalue weighted by Gasteiger charge is 2.28. The molecule has 0 aliphatic carbocycles. The molecule has 22 heteroatoms. The summed E-state index contributed by atoms with van der Waals surface area (Å²) in [5.41, 5.74) is 6.83. The maximum atomic E-state index is 11.9. The molecule has 342 valence electrons. The van der Waals surface area contributed by atoms with Crippen LogP contribution in [0.15, 0.2) is 89.2 Å². The van der Waals surface area contributed by atoms with Crippen LogP contribution >= 0.6 is 27.3 Å². The van der Waals surface area contributed by atoms with E-state index in [1.165, 1.54) is 21.9 Å². The second-order valence-electron chi connectivity index (χ2n) is 14.4. The zero-order valence-corrected chi connectivity index (χ0v) is 38.3. The Hall–Kier alpha value is -7.33. The van der Waals surface area contributed by atoms with E-state index in [2.05, 4.69) is 72.1 Å². The van der Waals surface area contributed by atoms with Gasteiger partial charge < -0.3 is 20.5 Å². The SMILES string of the molecule is C=C(OCC)c1cnc(C)c(N2CCC(=O)NC2=O)c1.C=C1CCN(c2cn[nH]c2)C(=O)N1.C=C1CCN(c2cscc2Br)C(=O)N1.Cc1cc(C(=O)O)ccc1N1CCC(=O)NC1=O. The number of urea groups is 4. The summed E-state index contributed by atoms with van der Waals surface area (Å²) in [6.45, 7) is 19.2. The fraction of sp³-hybridized carbons (Fsp3) is 0.279. The molecule has 65 heavy (non-hydrogen) atoms. The number of carbonyl (C=O) groups is 7.